The van der Waals surface area contributed by atoms with Gasteiger partial charge in [0.25, 0.3) is 5.91 Å². The van der Waals surface area contributed by atoms with Gasteiger partial charge in [0.1, 0.15) is 5.76 Å². The molecule has 1 amide bonds. The first kappa shape index (κ1) is 17.7. The van der Waals surface area contributed by atoms with Gasteiger partial charge in [-0.2, -0.15) is 0 Å². The molecule has 1 aromatic heterocycles. The lowest BCUT2D eigenvalue weighted by Crippen LogP contribution is -2.48. The number of aryl methyl sites for hydroxylation is 2. The highest BCUT2D eigenvalue weighted by atomic mass is 16.5. The second-order valence-corrected chi connectivity index (χ2v) is 7.15. The molecule has 0 atom stereocenters. The van der Waals surface area contributed by atoms with E-state index in [-0.39, 0.29) is 5.91 Å². The Hall–Kier alpha value is -2.14. The summed E-state index contributed by atoms with van der Waals surface area (Å²) >= 11 is 0. The van der Waals surface area contributed by atoms with E-state index < -0.39 is 0 Å². The number of rotatable bonds is 4. The third kappa shape index (κ3) is 3.93. The van der Waals surface area contributed by atoms with Crippen LogP contribution in [0.5, 0.6) is 0 Å². The van der Waals surface area contributed by atoms with Crippen molar-refractivity contribution in [3.8, 4) is 0 Å². The van der Waals surface area contributed by atoms with Crippen molar-refractivity contribution in [1.29, 1.82) is 0 Å². The number of piperazine rings is 1. The highest BCUT2D eigenvalue weighted by Crippen LogP contribution is 2.18. The molecule has 0 spiro atoms. The maximum Gasteiger partial charge on any atom is 0.253 e. The van der Waals surface area contributed by atoms with Crippen molar-refractivity contribution in [2.45, 2.75) is 40.2 Å². The van der Waals surface area contributed by atoms with E-state index in [0.29, 0.717) is 5.92 Å². The lowest BCUT2D eigenvalue weighted by molar-refractivity contribution is 0.0627. The van der Waals surface area contributed by atoms with Crippen molar-refractivity contribution in [2.24, 2.45) is 0 Å². The summed E-state index contributed by atoms with van der Waals surface area (Å²) in [5.41, 5.74) is 4.18. The topological polar surface area (TPSA) is 49.6 Å². The van der Waals surface area contributed by atoms with Crippen molar-refractivity contribution >= 4 is 5.91 Å². The number of carbonyl (C=O) groups is 1. The van der Waals surface area contributed by atoms with Crippen LogP contribution in [0.1, 0.15) is 52.7 Å². The maximum atomic E-state index is 12.7. The van der Waals surface area contributed by atoms with Crippen molar-refractivity contribution in [2.75, 3.05) is 26.2 Å². The zero-order chi connectivity index (χ0) is 18.0. The van der Waals surface area contributed by atoms with Crippen LogP contribution in [0.15, 0.2) is 28.8 Å². The van der Waals surface area contributed by atoms with E-state index in [1.165, 1.54) is 11.1 Å². The first-order chi connectivity index (χ1) is 12.0. The molecule has 1 aliphatic heterocycles. The Morgan fingerprint density at radius 2 is 1.76 bits per heavy atom. The third-order valence-corrected chi connectivity index (χ3v) is 5.05. The van der Waals surface area contributed by atoms with Gasteiger partial charge in [-0.15, -0.1) is 0 Å². The van der Waals surface area contributed by atoms with Crippen LogP contribution in [0.2, 0.25) is 0 Å². The first-order valence-corrected chi connectivity index (χ1v) is 8.99. The summed E-state index contributed by atoms with van der Waals surface area (Å²) in [6.07, 6.45) is 0. The fourth-order valence-electron chi connectivity index (χ4n) is 3.25. The lowest BCUT2D eigenvalue weighted by atomic mass is 10.0. The molecule has 25 heavy (non-hydrogen) atoms. The Balaban J connectivity index is 1.57. The largest absolute Gasteiger partial charge is 0.361 e. The molecule has 1 aromatic carbocycles. The van der Waals surface area contributed by atoms with Gasteiger partial charge in [-0.05, 0) is 37.5 Å². The molecule has 1 aliphatic rings. The van der Waals surface area contributed by atoms with E-state index in [1.54, 1.807) is 0 Å². The summed E-state index contributed by atoms with van der Waals surface area (Å²) in [4.78, 5) is 17.0. The van der Waals surface area contributed by atoms with Gasteiger partial charge in [-0.25, -0.2) is 0 Å². The molecule has 3 rings (SSSR count). The molecule has 0 N–H and O–H groups in total. The maximum absolute atomic E-state index is 12.7. The summed E-state index contributed by atoms with van der Waals surface area (Å²) in [5.74, 6) is 1.51. The molecule has 1 saturated heterocycles. The van der Waals surface area contributed by atoms with E-state index in [2.05, 4.69) is 36.0 Å². The molecule has 1 fully saturated rings. The average Bonchev–Trinajstić information content (AvgIpc) is 2.94. The van der Waals surface area contributed by atoms with Crippen molar-refractivity contribution in [3.05, 3.63) is 52.4 Å². The van der Waals surface area contributed by atoms with Crippen LogP contribution in [0.4, 0.5) is 0 Å². The van der Waals surface area contributed by atoms with Gasteiger partial charge < -0.3 is 9.42 Å². The highest BCUT2D eigenvalue weighted by Gasteiger charge is 2.23. The molecule has 0 radical (unpaired) electrons. The first-order valence-electron chi connectivity index (χ1n) is 8.99. The normalized spacial score (nSPS) is 15.8. The number of aromatic nitrogens is 1. The van der Waals surface area contributed by atoms with Crippen molar-refractivity contribution < 1.29 is 9.32 Å². The van der Waals surface area contributed by atoms with E-state index >= 15 is 0 Å². The average molecular weight is 341 g/mol. The SMILES string of the molecule is Cc1noc(C)c1CN1CCN(C(=O)c2ccc(C(C)C)cc2)CC1. The van der Waals surface area contributed by atoms with Crippen LogP contribution < -0.4 is 0 Å². The molecule has 0 bridgehead atoms. The van der Waals surface area contributed by atoms with Crippen LogP contribution >= 0.6 is 0 Å². The van der Waals surface area contributed by atoms with Crippen molar-refractivity contribution in [3.63, 3.8) is 0 Å². The molecular formula is C20H27N3O2. The van der Waals surface area contributed by atoms with Crippen LogP contribution in [0, 0.1) is 13.8 Å². The Labute approximate surface area is 149 Å². The summed E-state index contributed by atoms with van der Waals surface area (Å²) in [6, 6.07) is 8.03. The molecule has 5 nitrogen and oxygen atoms in total. The number of hydrogen-bond acceptors (Lipinski definition) is 4. The van der Waals surface area contributed by atoms with Crippen LogP contribution in [0.25, 0.3) is 0 Å². The molecule has 5 heteroatoms. The number of benzene rings is 1. The summed E-state index contributed by atoms with van der Waals surface area (Å²) in [5, 5.41) is 4.02. The fourth-order valence-corrected chi connectivity index (χ4v) is 3.25. The summed E-state index contributed by atoms with van der Waals surface area (Å²) in [7, 11) is 0. The molecular weight excluding hydrogens is 314 g/mol. The molecule has 2 aromatic rings. The van der Waals surface area contributed by atoms with Crippen molar-refractivity contribution in [1.82, 2.24) is 15.0 Å². The molecule has 0 unspecified atom stereocenters. The quantitative estimate of drug-likeness (QED) is 0.855. The second-order valence-electron chi connectivity index (χ2n) is 7.15. The van der Waals surface area contributed by atoms with Crippen LogP contribution in [-0.2, 0) is 6.54 Å². The van der Waals surface area contributed by atoms with E-state index in [1.807, 2.05) is 30.9 Å². The van der Waals surface area contributed by atoms with E-state index in [4.69, 9.17) is 4.52 Å². The minimum absolute atomic E-state index is 0.132. The van der Waals surface area contributed by atoms with Gasteiger partial charge in [-0.1, -0.05) is 31.1 Å². The number of nitrogens with zero attached hydrogens (tertiary/aromatic N) is 3. The molecule has 2 heterocycles. The third-order valence-electron chi connectivity index (χ3n) is 5.05. The minimum Gasteiger partial charge on any atom is -0.361 e. The van der Waals surface area contributed by atoms with Gasteiger partial charge in [0.2, 0.25) is 0 Å². The number of hydrogen-bond donors (Lipinski definition) is 0. The number of carbonyl (C=O) groups excluding carboxylic acids is 1. The predicted molar refractivity (Wildman–Crippen MR) is 97.7 cm³/mol. The van der Waals surface area contributed by atoms with Gasteiger partial charge in [-0.3, -0.25) is 9.69 Å². The smallest absolute Gasteiger partial charge is 0.253 e. The zero-order valence-corrected chi connectivity index (χ0v) is 15.6. The summed E-state index contributed by atoms with van der Waals surface area (Å²) < 4.78 is 5.24. The van der Waals surface area contributed by atoms with Crippen LogP contribution in [-0.4, -0.2) is 47.0 Å². The Bertz CT molecular complexity index is 706. The summed E-state index contributed by atoms with van der Waals surface area (Å²) in [6.45, 7) is 12.4. The van der Waals surface area contributed by atoms with Gasteiger partial charge >= 0.3 is 0 Å². The van der Waals surface area contributed by atoms with Gasteiger partial charge in [0, 0.05) is 43.9 Å². The van der Waals surface area contributed by atoms with Crippen LogP contribution in [0.3, 0.4) is 0 Å². The highest BCUT2D eigenvalue weighted by molar-refractivity contribution is 5.94. The standard InChI is InChI=1S/C20H27N3O2/c1-14(2)17-5-7-18(8-6-17)20(24)23-11-9-22(10-12-23)13-19-15(3)21-25-16(19)4/h5-8,14H,9-13H2,1-4H3. The minimum atomic E-state index is 0.132. The molecule has 0 aliphatic carbocycles. The monoisotopic (exact) mass is 341 g/mol. The predicted octanol–water partition coefficient (Wildman–Crippen LogP) is 3.37. The fraction of sp³-hybridized carbons (Fsp3) is 0.500. The van der Waals surface area contributed by atoms with E-state index in [9.17, 15) is 4.79 Å². The number of amides is 1. The molecule has 0 saturated carbocycles. The van der Waals surface area contributed by atoms with Gasteiger partial charge in [0.15, 0.2) is 0 Å². The Morgan fingerprint density at radius 1 is 1.12 bits per heavy atom. The Morgan fingerprint density at radius 3 is 2.28 bits per heavy atom. The zero-order valence-electron chi connectivity index (χ0n) is 15.6. The lowest BCUT2D eigenvalue weighted by Gasteiger charge is -2.34. The second kappa shape index (κ2) is 7.40. The van der Waals surface area contributed by atoms with E-state index in [0.717, 1.165) is 49.7 Å². The Kier molecular flexibility index (Phi) is 5.23. The molecule has 134 valence electrons. The van der Waals surface area contributed by atoms with Gasteiger partial charge in [0.05, 0.1) is 5.69 Å².